The van der Waals surface area contributed by atoms with Gasteiger partial charge in [0, 0.05) is 13.1 Å². The second-order valence-corrected chi connectivity index (χ2v) is 4.02. The molecule has 1 saturated heterocycles. The maximum atomic E-state index is 12.5. The Labute approximate surface area is 88.5 Å². The molecule has 1 unspecified atom stereocenters. The summed E-state index contributed by atoms with van der Waals surface area (Å²) in [5.74, 6) is 0.746. The third-order valence-electron chi connectivity index (χ3n) is 2.66. The molecule has 0 radical (unpaired) electrons. The molecule has 0 aromatic carbocycles. The highest BCUT2D eigenvalue weighted by molar-refractivity contribution is 5.22. The van der Waals surface area contributed by atoms with Crippen molar-refractivity contribution < 1.29 is 4.39 Å². The average Bonchev–Trinajstić information content (AvgIpc) is 2.64. The van der Waals surface area contributed by atoms with Gasteiger partial charge in [-0.2, -0.15) is 0 Å². The van der Waals surface area contributed by atoms with Crippen LogP contribution in [-0.2, 0) is 0 Å². The molecule has 1 aromatic heterocycles. The van der Waals surface area contributed by atoms with E-state index in [0.717, 1.165) is 19.6 Å². The van der Waals surface area contributed by atoms with Gasteiger partial charge in [-0.05, 0) is 25.9 Å². The Morgan fingerprint density at radius 1 is 1.53 bits per heavy atom. The molecule has 0 spiro atoms. The number of hydrogen-bond acceptors (Lipinski definition) is 4. The molecule has 15 heavy (non-hydrogen) atoms. The fourth-order valence-electron chi connectivity index (χ4n) is 1.83. The van der Waals surface area contributed by atoms with Crippen LogP contribution < -0.4 is 5.32 Å². The molecule has 1 aliphatic heterocycles. The molecule has 1 N–H and O–H groups in total. The van der Waals surface area contributed by atoms with Crippen molar-refractivity contribution in [2.24, 2.45) is 5.92 Å². The first-order valence-electron chi connectivity index (χ1n) is 5.14. The zero-order valence-corrected chi connectivity index (χ0v) is 8.78. The fraction of sp³-hybridized carbons (Fsp3) is 0.600. The Bertz CT molecular complexity index is 314. The summed E-state index contributed by atoms with van der Waals surface area (Å²) in [6.07, 6.45) is 3.55. The summed E-state index contributed by atoms with van der Waals surface area (Å²) >= 11 is 0. The summed E-state index contributed by atoms with van der Waals surface area (Å²) in [4.78, 5) is 10.00. The van der Waals surface area contributed by atoms with Gasteiger partial charge in [-0.25, -0.2) is 14.4 Å². The second-order valence-electron chi connectivity index (χ2n) is 4.02. The van der Waals surface area contributed by atoms with E-state index in [-0.39, 0.29) is 0 Å². The topological polar surface area (TPSA) is 41.0 Å². The quantitative estimate of drug-likeness (QED) is 0.807. The van der Waals surface area contributed by atoms with Crippen molar-refractivity contribution in [2.75, 3.05) is 32.0 Å². The summed E-state index contributed by atoms with van der Waals surface area (Å²) in [5.41, 5.74) is 0. The monoisotopic (exact) mass is 210 g/mol. The molecular formula is C10H15FN4. The van der Waals surface area contributed by atoms with Gasteiger partial charge in [0.25, 0.3) is 0 Å². The number of hydrogen-bond donors (Lipinski definition) is 1. The molecule has 4 nitrogen and oxygen atoms in total. The zero-order chi connectivity index (χ0) is 10.7. The third-order valence-corrected chi connectivity index (χ3v) is 2.66. The minimum Gasteiger partial charge on any atom is -0.354 e. The van der Waals surface area contributed by atoms with Gasteiger partial charge in [-0.1, -0.05) is 0 Å². The van der Waals surface area contributed by atoms with Crippen LogP contribution in [0, 0.1) is 11.7 Å². The van der Waals surface area contributed by atoms with Crippen LogP contribution in [0.4, 0.5) is 10.3 Å². The van der Waals surface area contributed by atoms with Crippen molar-refractivity contribution >= 4 is 5.95 Å². The van der Waals surface area contributed by atoms with Crippen LogP contribution >= 0.6 is 0 Å². The predicted molar refractivity (Wildman–Crippen MR) is 56.1 cm³/mol. The van der Waals surface area contributed by atoms with Gasteiger partial charge in [0.15, 0.2) is 5.82 Å². The van der Waals surface area contributed by atoms with Crippen LogP contribution in [0.15, 0.2) is 12.4 Å². The van der Waals surface area contributed by atoms with E-state index < -0.39 is 5.82 Å². The number of nitrogens with one attached hydrogen (secondary N) is 1. The Morgan fingerprint density at radius 2 is 2.27 bits per heavy atom. The van der Waals surface area contributed by atoms with Crippen molar-refractivity contribution in [2.45, 2.75) is 6.42 Å². The van der Waals surface area contributed by atoms with Crippen LogP contribution in [0.25, 0.3) is 0 Å². The number of likely N-dealkylation sites (tertiary alicyclic amines) is 1. The maximum Gasteiger partial charge on any atom is 0.222 e. The van der Waals surface area contributed by atoms with Crippen molar-refractivity contribution in [3.8, 4) is 0 Å². The van der Waals surface area contributed by atoms with E-state index in [0.29, 0.717) is 11.9 Å². The Balaban J connectivity index is 1.80. The second kappa shape index (κ2) is 4.53. The molecule has 0 aliphatic carbocycles. The van der Waals surface area contributed by atoms with E-state index in [4.69, 9.17) is 0 Å². The average molecular weight is 210 g/mol. The lowest BCUT2D eigenvalue weighted by molar-refractivity contribution is 0.399. The molecule has 1 aliphatic rings. The summed E-state index contributed by atoms with van der Waals surface area (Å²) in [6.45, 7) is 3.11. The highest BCUT2D eigenvalue weighted by atomic mass is 19.1. The van der Waals surface area contributed by atoms with E-state index in [9.17, 15) is 4.39 Å². The van der Waals surface area contributed by atoms with Crippen LogP contribution in [0.3, 0.4) is 0 Å². The van der Waals surface area contributed by atoms with Crippen LogP contribution in [0.5, 0.6) is 0 Å². The SMILES string of the molecule is CN1CCC(CNc2ncc(F)cn2)C1. The van der Waals surface area contributed by atoms with Crippen molar-refractivity contribution in [1.29, 1.82) is 0 Å². The van der Waals surface area contributed by atoms with E-state index in [2.05, 4.69) is 27.2 Å². The third kappa shape index (κ3) is 2.86. The lowest BCUT2D eigenvalue weighted by Crippen LogP contribution is -2.19. The Kier molecular flexibility index (Phi) is 3.11. The summed E-state index contributed by atoms with van der Waals surface area (Å²) in [7, 11) is 2.12. The Morgan fingerprint density at radius 3 is 2.87 bits per heavy atom. The first-order chi connectivity index (χ1) is 7.24. The Hall–Kier alpha value is -1.23. The van der Waals surface area contributed by atoms with Gasteiger partial charge in [-0.3, -0.25) is 0 Å². The number of rotatable bonds is 3. The van der Waals surface area contributed by atoms with E-state index in [1.54, 1.807) is 0 Å². The standard InChI is InChI=1S/C10H15FN4/c1-15-3-2-8(7-15)4-12-10-13-5-9(11)6-14-10/h5-6,8H,2-4,7H2,1H3,(H,12,13,14). The summed E-state index contributed by atoms with van der Waals surface area (Å²) in [6, 6.07) is 0. The van der Waals surface area contributed by atoms with E-state index >= 15 is 0 Å². The maximum absolute atomic E-state index is 12.5. The predicted octanol–water partition coefficient (Wildman–Crippen LogP) is 0.979. The molecule has 1 aromatic rings. The van der Waals surface area contributed by atoms with Gasteiger partial charge in [0.1, 0.15) is 0 Å². The number of nitrogens with zero attached hydrogens (tertiary/aromatic N) is 3. The number of anilines is 1. The fourth-order valence-corrected chi connectivity index (χ4v) is 1.83. The molecule has 2 heterocycles. The molecule has 1 fully saturated rings. The summed E-state index contributed by atoms with van der Waals surface area (Å²) < 4.78 is 12.5. The van der Waals surface area contributed by atoms with E-state index in [1.807, 2.05) is 0 Å². The molecule has 82 valence electrons. The highest BCUT2D eigenvalue weighted by Gasteiger charge is 2.18. The van der Waals surface area contributed by atoms with Crippen LogP contribution in [0.1, 0.15) is 6.42 Å². The molecule has 0 bridgehead atoms. The lowest BCUT2D eigenvalue weighted by Gasteiger charge is -2.11. The molecule has 0 saturated carbocycles. The highest BCUT2D eigenvalue weighted by Crippen LogP contribution is 2.14. The van der Waals surface area contributed by atoms with Gasteiger partial charge >= 0.3 is 0 Å². The molecule has 1 atom stereocenters. The van der Waals surface area contributed by atoms with Crippen LogP contribution in [0.2, 0.25) is 0 Å². The number of aromatic nitrogens is 2. The minimum atomic E-state index is -0.402. The van der Waals surface area contributed by atoms with Gasteiger partial charge in [-0.15, -0.1) is 0 Å². The van der Waals surface area contributed by atoms with Gasteiger partial charge in [0.2, 0.25) is 5.95 Å². The zero-order valence-electron chi connectivity index (χ0n) is 8.78. The number of halogens is 1. The molecule has 0 amide bonds. The largest absolute Gasteiger partial charge is 0.354 e. The minimum absolute atomic E-state index is 0.402. The first kappa shape index (κ1) is 10.3. The van der Waals surface area contributed by atoms with Crippen molar-refractivity contribution in [3.63, 3.8) is 0 Å². The molecular weight excluding hydrogens is 195 g/mol. The summed E-state index contributed by atoms with van der Waals surface area (Å²) in [5, 5.41) is 3.12. The van der Waals surface area contributed by atoms with Gasteiger partial charge < -0.3 is 10.2 Å². The van der Waals surface area contributed by atoms with Gasteiger partial charge in [0.05, 0.1) is 12.4 Å². The smallest absolute Gasteiger partial charge is 0.222 e. The molecule has 5 heteroatoms. The first-order valence-corrected chi connectivity index (χ1v) is 5.14. The lowest BCUT2D eigenvalue weighted by atomic mass is 10.1. The van der Waals surface area contributed by atoms with Crippen LogP contribution in [-0.4, -0.2) is 41.5 Å². The molecule has 2 rings (SSSR count). The normalized spacial score (nSPS) is 21.9. The van der Waals surface area contributed by atoms with E-state index in [1.165, 1.54) is 18.8 Å². The van der Waals surface area contributed by atoms with Crippen molar-refractivity contribution in [1.82, 2.24) is 14.9 Å². The van der Waals surface area contributed by atoms with Crippen molar-refractivity contribution in [3.05, 3.63) is 18.2 Å².